The molecule has 0 saturated carbocycles. The van der Waals surface area contributed by atoms with E-state index in [4.69, 9.17) is 22.8 Å². The van der Waals surface area contributed by atoms with E-state index in [9.17, 15) is 4.79 Å². The summed E-state index contributed by atoms with van der Waals surface area (Å²) >= 11 is 0. The molecule has 0 saturated heterocycles. The number of carbonyl (C=O) groups is 1. The third-order valence-corrected chi connectivity index (χ3v) is 5.57. The van der Waals surface area contributed by atoms with E-state index < -0.39 is 8.80 Å². The molecule has 0 heterocycles. The van der Waals surface area contributed by atoms with Crippen LogP contribution in [0.1, 0.15) is 26.2 Å². The van der Waals surface area contributed by atoms with E-state index in [1.165, 1.54) is 0 Å². The van der Waals surface area contributed by atoms with E-state index in [0.717, 1.165) is 12.8 Å². The van der Waals surface area contributed by atoms with Gasteiger partial charge in [-0.25, -0.2) is 0 Å². The number of ether oxygens (including phenoxy) is 2. The zero-order valence-electron chi connectivity index (χ0n) is 12.4. The average molecular weight is 294 g/mol. The molecule has 0 aromatic rings. The Balaban J connectivity index is 3.64. The normalized spacial score (nSPS) is 11.6. The minimum absolute atomic E-state index is 0.195. The monoisotopic (exact) mass is 294 g/mol. The first-order chi connectivity index (χ1) is 9.14. The van der Waals surface area contributed by atoms with Gasteiger partial charge in [-0.1, -0.05) is 0 Å². The van der Waals surface area contributed by atoms with Gasteiger partial charge in [0.25, 0.3) is 0 Å². The van der Waals surface area contributed by atoms with Crippen LogP contribution in [0.4, 0.5) is 0 Å². The molecular weight excluding hydrogens is 268 g/mol. The van der Waals surface area contributed by atoms with Crippen molar-refractivity contribution < 1.29 is 27.5 Å². The summed E-state index contributed by atoms with van der Waals surface area (Å²) in [5, 5.41) is 0. The van der Waals surface area contributed by atoms with Crippen molar-refractivity contribution in [2.45, 2.75) is 32.2 Å². The number of unbranched alkanes of at least 4 members (excludes halogenated alkanes) is 1. The van der Waals surface area contributed by atoms with Gasteiger partial charge in [0.2, 0.25) is 0 Å². The van der Waals surface area contributed by atoms with Gasteiger partial charge in [-0.2, -0.15) is 0 Å². The molecule has 0 unspecified atom stereocenters. The Labute approximate surface area is 116 Å². The maximum Gasteiger partial charge on any atom is 0.500 e. The fraction of sp³-hybridized carbons (Fsp3) is 0.917. The summed E-state index contributed by atoms with van der Waals surface area (Å²) < 4.78 is 26.0. The Hall–Kier alpha value is -0.473. The Morgan fingerprint density at radius 2 is 1.63 bits per heavy atom. The first kappa shape index (κ1) is 18.5. The van der Waals surface area contributed by atoms with Crippen molar-refractivity contribution in [3.8, 4) is 0 Å². The van der Waals surface area contributed by atoms with Crippen LogP contribution in [0.2, 0.25) is 6.04 Å². The Morgan fingerprint density at radius 3 is 2.16 bits per heavy atom. The summed E-state index contributed by atoms with van der Waals surface area (Å²) in [5.41, 5.74) is 0. The number of rotatable bonds is 12. The van der Waals surface area contributed by atoms with E-state index in [0.29, 0.717) is 32.3 Å². The molecule has 0 bridgehead atoms. The lowest BCUT2D eigenvalue weighted by Crippen LogP contribution is -2.42. The van der Waals surface area contributed by atoms with Gasteiger partial charge >= 0.3 is 14.8 Å². The van der Waals surface area contributed by atoms with Crippen LogP contribution in [0, 0.1) is 0 Å². The predicted molar refractivity (Wildman–Crippen MR) is 72.9 cm³/mol. The van der Waals surface area contributed by atoms with Crippen LogP contribution >= 0.6 is 0 Å². The van der Waals surface area contributed by atoms with Crippen molar-refractivity contribution in [1.29, 1.82) is 0 Å². The van der Waals surface area contributed by atoms with E-state index in [1.807, 2.05) is 6.92 Å². The molecule has 114 valence electrons. The van der Waals surface area contributed by atoms with Gasteiger partial charge in [-0.05, 0) is 19.8 Å². The Morgan fingerprint density at radius 1 is 1.00 bits per heavy atom. The standard InChI is InChI=1S/C12H26O6Si/c1-5-17-9-10-18-12(13)8-6-7-11-19(14-2,15-3)16-4/h5-11H2,1-4H3. The molecule has 0 atom stereocenters. The number of esters is 1. The molecule has 19 heavy (non-hydrogen) atoms. The molecule has 7 heteroatoms. The van der Waals surface area contributed by atoms with Crippen molar-refractivity contribution in [2.75, 3.05) is 41.2 Å². The highest BCUT2D eigenvalue weighted by Gasteiger charge is 2.36. The quantitative estimate of drug-likeness (QED) is 0.309. The summed E-state index contributed by atoms with van der Waals surface area (Å²) in [6.45, 7) is 3.31. The van der Waals surface area contributed by atoms with Crippen LogP contribution in [0.5, 0.6) is 0 Å². The second-order valence-electron chi connectivity index (χ2n) is 3.92. The van der Waals surface area contributed by atoms with Gasteiger partial charge in [0, 0.05) is 40.4 Å². The Bertz CT molecular complexity index is 224. The lowest BCUT2D eigenvalue weighted by molar-refractivity contribution is -0.145. The largest absolute Gasteiger partial charge is 0.500 e. The number of hydrogen-bond acceptors (Lipinski definition) is 6. The molecule has 0 rings (SSSR count). The third-order valence-electron chi connectivity index (χ3n) is 2.74. The summed E-state index contributed by atoms with van der Waals surface area (Å²) in [5.74, 6) is -0.195. The van der Waals surface area contributed by atoms with Crippen LogP contribution in [0.3, 0.4) is 0 Å². The van der Waals surface area contributed by atoms with Crippen molar-refractivity contribution in [3.63, 3.8) is 0 Å². The maximum absolute atomic E-state index is 11.4. The molecule has 0 aliphatic carbocycles. The fourth-order valence-electron chi connectivity index (χ4n) is 1.60. The van der Waals surface area contributed by atoms with Crippen LogP contribution in [0.25, 0.3) is 0 Å². The summed E-state index contributed by atoms with van der Waals surface area (Å²) in [6, 6.07) is 0.697. The first-order valence-electron chi connectivity index (χ1n) is 6.53. The van der Waals surface area contributed by atoms with Gasteiger partial charge < -0.3 is 22.8 Å². The van der Waals surface area contributed by atoms with E-state index in [1.54, 1.807) is 21.3 Å². The Kier molecular flexibility index (Phi) is 11.1. The number of carbonyl (C=O) groups excluding carboxylic acids is 1. The van der Waals surface area contributed by atoms with Crippen LogP contribution in [-0.4, -0.2) is 55.9 Å². The maximum atomic E-state index is 11.4. The first-order valence-corrected chi connectivity index (χ1v) is 8.46. The average Bonchev–Trinajstić information content (AvgIpc) is 2.45. The van der Waals surface area contributed by atoms with Crippen molar-refractivity contribution in [3.05, 3.63) is 0 Å². The minimum atomic E-state index is -2.50. The SMILES string of the molecule is CCOCCOC(=O)CCCC[Si](OC)(OC)OC. The molecule has 0 aromatic carbocycles. The fourth-order valence-corrected chi connectivity index (χ4v) is 3.39. The molecule has 0 radical (unpaired) electrons. The molecule has 0 aliphatic heterocycles. The second kappa shape index (κ2) is 11.4. The van der Waals surface area contributed by atoms with E-state index in [-0.39, 0.29) is 5.97 Å². The highest BCUT2D eigenvalue weighted by molar-refractivity contribution is 6.60. The molecule has 0 aromatic heterocycles. The number of hydrogen-bond donors (Lipinski definition) is 0. The van der Waals surface area contributed by atoms with Crippen molar-refractivity contribution >= 4 is 14.8 Å². The minimum Gasteiger partial charge on any atom is -0.463 e. The van der Waals surface area contributed by atoms with Gasteiger partial charge in [0.15, 0.2) is 0 Å². The van der Waals surface area contributed by atoms with Crippen LogP contribution < -0.4 is 0 Å². The topological polar surface area (TPSA) is 63.2 Å². The van der Waals surface area contributed by atoms with Gasteiger partial charge in [0.05, 0.1) is 6.61 Å². The molecule has 0 N–H and O–H groups in total. The summed E-state index contributed by atoms with van der Waals surface area (Å²) in [7, 11) is 2.26. The van der Waals surface area contributed by atoms with Gasteiger partial charge in [-0.3, -0.25) is 4.79 Å². The van der Waals surface area contributed by atoms with Crippen molar-refractivity contribution in [1.82, 2.24) is 0 Å². The molecule has 0 spiro atoms. The zero-order chi connectivity index (χ0) is 14.6. The molecule has 6 nitrogen and oxygen atoms in total. The molecule has 0 amide bonds. The highest BCUT2D eigenvalue weighted by Crippen LogP contribution is 2.17. The van der Waals surface area contributed by atoms with E-state index in [2.05, 4.69) is 0 Å². The smallest absolute Gasteiger partial charge is 0.463 e. The highest BCUT2D eigenvalue weighted by atomic mass is 28.4. The van der Waals surface area contributed by atoms with Crippen LogP contribution in [0.15, 0.2) is 0 Å². The molecule has 0 fully saturated rings. The summed E-state index contributed by atoms with van der Waals surface area (Å²) in [6.07, 6.45) is 1.94. The predicted octanol–water partition coefficient (Wildman–Crippen LogP) is 1.61. The van der Waals surface area contributed by atoms with Gasteiger partial charge in [0.1, 0.15) is 6.61 Å². The zero-order valence-corrected chi connectivity index (χ0v) is 13.4. The van der Waals surface area contributed by atoms with Gasteiger partial charge in [-0.15, -0.1) is 0 Å². The lowest BCUT2D eigenvalue weighted by Gasteiger charge is -2.24. The summed E-state index contributed by atoms with van der Waals surface area (Å²) in [4.78, 5) is 11.4. The molecular formula is C12H26O6Si. The van der Waals surface area contributed by atoms with Crippen molar-refractivity contribution in [2.24, 2.45) is 0 Å². The van der Waals surface area contributed by atoms with Crippen LogP contribution in [-0.2, 0) is 27.5 Å². The third kappa shape index (κ3) is 8.33. The second-order valence-corrected chi connectivity index (χ2v) is 7.01. The van der Waals surface area contributed by atoms with E-state index >= 15 is 0 Å². The molecule has 0 aliphatic rings. The lowest BCUT2D eigenvalue weighted by atomic mass is 10.2.